The van der Waals surface area contributed by atoms with Gasteiger partial charge in [-0.1, -0.05) is 6.92 Å². The number of halogens is 1. The van der Waals surface area contributed by atoms with Crippen molar-refractivity contribution >= 4 is 5.97 Å². The number of ether oxygens (including phenoxy) is 1. The number of rotatable bonds is 4. The van der Waals surface area contributed by atoms with Gasteiger partial charge in [-0.05, 0) is 13.3 Å². The third kappa shape index (κ3) is 5.75. The first kappa shape index (κ1) is 12.9. The van der Waals surface area contributed by atoms with E-state index < -0.39 is 12.1 Å². The molecule has 0 aliphatic rings. The second-order valence-corrected chi connectivity index (χ2v) is 1.91. The van der Waals surface area contributed by atoms with Crippen LogP contribution in [0.5, 0.6) is 0 Å². The van der Waals surface area contributed by atoms with Gasteiger partial charge in [0.2, 0.25) is 0 Å². The molecule has 0 radical (unpaired) electrons. The molecule has 1 atom stereocenters. The largest absolute Gasteiger partial charge is 0.376 e. The Labute approximate surface area is 65.2 Å². The Morgan fingerprint density at radius 2 is 2.18 bits per heavy atom. The molecule has 0 saturated heterocycles. The lowest BCUT2D eigenvalue weighted by atomic mass is 10.4. The average Bonchev–Trinajstić information content (AvgIpc) is 1.98. The lowest BCUT2D eigenvalue weighted by Crippen LogP contribution is -2.21. The van der Waals surface area contributed by atoms with Crippen LogP contribution in [0.2, 0.25) is 0 Å². The van der Waals surface area contributed by atoms with Crippen molar-refractivity contribution in [3.63, 3.8) is 0 Å². The zero-order valence-corrected chi connectivity index (χ0v) is 6.80. The summed E-state index contributed by atoms with van der Waals surface area (Å²) < 4.78 is 16.0. The standard InChI is InChI=1S/C6H11FO3.H3N/c1-3-4-9-5(2)6(8)10-7;/h5H,3-4H2,1-2H3;1H3. The van der Waals surface area contributed by atoms with Gasteiger partial charge < -0.3 is 10.9 Å². The molecule has 0 aromatic heterocycles. The molecule has 0 rings (SSSR count). The summed E-state index contributed by atoms with van der Waals surface area (Å²) in [5.74, 6) is -0.978. The fourth-order valence-corrected chi connectivity index (χ4v) is 0.425. The quantitative estimate of drug-likeness (QED) is 0.686. The van der Waals surface area contributed by atoms with E-state index in [1.54, 1.807) is 0 Å². The van der Waals surface area contributed by atoms with E-state index in [0.717, 1.165) is 6.42 Å². The molecule has 0 aromatic carbocycles. The maximum Gasteiger partial charge on any atom is 0.376 e. The topological polar surface area (TPSA) is 70.5 Å². The van der Waals surface area contributed by atoms with Crippen molar-refractivity contribution in [1.29, 1.82) is 0 Å². The van der Waals surface area contributed by atoms with Crippen molar-refractivity contribution in [1.82, 2.24) is 6.15 Å². The first-order chi connectivity index (χ1) is 4.72. The van der Waals surface area contributed by atoms with Gasteiger partial charge in [0.15, 0.2) is 6.10 Å². The smallest absolute Gasteiger partial charge is 0.367 e. The normalized spacial score (nSPS) is 11.5. The van der Waals surface area contributed by atoms with Crippen LogP contribution in [0.25, 0.3) is 0 Å². The summed E-state index contributed by atoms with van der Waals surface area (Å²) in [4.78, 5) is 13.2. The van der Waals surface area contributed by atoms with Crippen LogP contribution in [0.15, 0.2) is 0 Å². The average molecular weight is 167 g/mol. The molecule has 0 saturated carbocycles. The van der Waals surface area contributed by atoms with Gasteiger partial charge in [0.1, 0.15) is 0 Å². The van der Waals surface area contributed by atoms with Gasteiger partial charge in [0.25, 0.3) is 0 Å². The zero-order valence-electron chi connectivity index (χ0n) is 6.80. The minimum Gasteiger partial charge on any atom is -0.367 e. The second kappa shape index (κ2) is 7.43. The van der Waals surface area contributed by atoms with Crippen LogP contribution in [0.4, 0.5) is 4.53 Å². The first-order valence-electron chi connectivity index (χ1n) is 3.16. The number of hydrogen-bond donors (Lipinski definition) is 1. The van der Waals surface area contributed by atoms with Gasteiger partial charge in [-0.3, -0.25) is 4.94 Å². The Morgan fingerprint density at radius 3 is 2.55 bits per heavy atom. The number of carbonyl (C=O) groups excluding carboxylic acids is 1. The summed E-state index contributed by atoms with van der Waals surface area (Å²) in [6, 6.07) is 0. The SMILES string of the molecule is CCCOC(C)C(=O)OF.N. The Hall–Kier alpha value is -0.680. The van der Waals surface area contributed by atoms with E-state index in [-0.39, 0.29) is 6.15 Å². The first-order valence-corrected chi connectivity index (χ1v) is 3.16. The van der Waals surface area contributed by atoms with Crippen molar-refractivity contribution in [2.75, 3.05) is 6.61 Å². The lowest BCUT2D eigenvalue weighted by Gasteiger charge is -2.05. The van der Waals surface area contributed by atoms with Gasteiger partial charge in [-0.25, -0.2) is 4.79 Å². The highest BCUT2D eigenvalue weighted by Crippen LogP contribution is 1.95. The number of carbonyl (C=O) groups is 1. The van der Waals surface area contributed by atoms with Crippen molar-refractivity contribution < 1.29 is 19.0 Å². The Kier molecular flexibility index (Phi) is 8.74. The highest BCUT2D eigenvalue weighted by molar-refractivity contribution is 5.73. The predicted octanol–water partition coefficient (Wildman–Crippen LogP) is 1.39. The molecule has 0 aliphatic heterocycles. The van der Waals surface area contributed by atoms with Gasteiger partial charge in [0, 0.05) is 11.1 Å². The molecule has 0 bridgehead atoms. The van der Waals surface area contributed by atoms with Crippen LogP contribution >= 0.6 is 0 Å². The maximum absolute atomic E-state index is 11.1. The van der Waals surface area contributed by atoms with E-state index in [2.05, 4.69) is 4.94 Å². The second-order valence-electron chi connectivity index (χ2n) is 1.91. The van der Waals surface area contributed by atoms with E-state index in [4.69, 9.17) is 4.74 Å². The Morgan fingerprint density at radius 1 is 1.64 bits per heavy atom. The van der Waals surface area contributed by atoms with Gasteiger partial charge in [-0.2, -0.15) is 0 Å². The summed E-state index contributed by atoms with van der Waals surface area (Å²) in [5, 5.41) is 0. The van der Waals surface area contributed by atoms with Crippen LogP contribution in [0.3, 0.4) is 0 Å². The minimum atomic E-state index is -0.978. The van der Waals surface area contributed by atoms with E-state index in [0.29, 0.717) is 6.61 Å². The molecule has 68 valence electrons. The van der Waals surface area contributed by atoms with Crippen LogP contribution in [-0.2, 0) is 14.5 Å². The van der Waals surface area contributed by atoms with E-state index in [1.165, 1.54) is 6.92 Å². The molecule has 3 N–H and O–H groups in total. The lowest BCUT2D eigenvalue weighted by molar-refractivity contribution is -0.195. The van der Waals surface area contributed by atoms with Crippen LogP contribution < -0.4 is 6.15 Å². The van der Waals surface area contributed by atoms with Crippen LogP contribution in [0, 0.1) is 0 Å². The summed E-state index contributed by atoms with van der Waals surface area (Å²) in [5.41, 5.74) is 0. The summed E-state index contributed by atoms with van der Waals surface area (Å²) in [7, 11) is 0. The van der Waals surface area contributed by atoms with Crippen LogP contribution in [-0.4, -0.2) is 18.7 Å². The Balaban J connectivity index is 0. The molecule has 5 heteroatoms. The van der Waals surface area contributed by atoms with Crippen LogP contribution in [0.1, 0.15) is 20.3 Å². The summed E-state index contributed by atoms with van der Waals surface area (Å²) >= 11 is 0. The molecule has 11 heavy (non-hydrogen) atoms. The van der Waals surface area contributed by atoms with Gasteiger partial charge in [-0.15, -0.1) is 0 Å². The highest BCUT2D eigenvalue weighted by Gasteiger charge is 2.14. The predicted molar refractivity (Wildman–Crippen MR) is 37.9 cm³/mol. The third-order valence-electron chi connectivity index (χ3n) is 0.980. The maximum atomic E-state index is 11.1. The summed E-state index contributed by atoms with van der Waals surface area (Å²) in [6.45, 7) is 3.78. The van der Waals surface area contributed by atoms with Crippen molar-refractivity contribution in [2.45, 2.75) is 26.4 Å². The molecule has 4 nitrogen and oxygen atoms in total. The van der Waals surface area contributed by atoms with E-state index in [9.17, 15) is 9.32 Å². The monoisotopic (exact) mass is 167 g/mol. The fourth-order valence-electron chi connectivity index (χ4n) is 0.425. The highest BCUT2D eigenvalue weighted by atomic mass is 19.3. The molecule has 0 aromatic rings. The molecule has 0 spiro atoms. The number of hydrogen-bond acceptors (Lipinski definition) is 4. The Bertz CT molecular complexity index is 110. The zero-order chi connectivity index (χ0) is 7.98. The molecule has 0 heterocycles. The molecular weight excluding hydrogens is 153 g/mol. The summed E-state index contributed by atoms with van der Waals surface area (Å²) in [6.07, 6.45) is -0.00543. The van der Waals surface area contributed by atoms with Gasteiger partial charge in [0.05, 0.1) is 0 Å². The minimum absolute atomic E-state index is 0. The molecular formula is C6H14FNO3. The van der Waals surface area contributed by atoms with Crippen molar-refractivity contribution in [3.8, 4) is 0 Å². The molecule has 0 amide bonds. The molecule has 0 fully saturated rings. The third-order valence-corrected chi connectivity index (χ3v) is 0.980. The van der Waals surface area contributed by atoms with E-state index in [1.807, 2.05) is 6.92 Å². The van der Waals surface area contributed by atoms with Crippen molar-refractivity contribution in [2.24, 2.45) is 0 Å². The van der Waals surface area contributed by atoms with Crippen molar-refractivity contribution in [3.05, 3.63) is 0 Å². The van der Waals surface area contributed by atoms with E-state index >= 15 is 0 Å². The fraction of sp³-hybridized carbons (Fsp3) is 0.833. The van der Waals surface area contributed by atoms with Gasteiger partial charge >= 0.3 is 5.97 Å². The molecule has 1 unspecified atom stereocenters. The molecule has 0 aliphatic carbocycles.